The molecule has 2 saturated heterocycles. The molecule has 270 valence electrons. The highest BCUT2D eigenvalue weighted by Gasteiger charge is 2.48. The highest BCUT2D eigenvalue weighted by Crippen LogP contribution is 2.31. The van der Waals surface area contributed by atoms with Gasteiger partial charge in [0, 0.05) is 0 Å². The molecule has 4 heteroatoms. The summed E-state index contributed by atoms with van der Waals surface area (Å²) in [5.74, 6) is 0. The van der Waals surface area contributed by atoms with Crippen molar-refractivity contribution in [3.63, 3.8) is 0 Å². The summed E-state index contributed by atoms with van der Waals surface area (Å²) >= 11 is 0. The normalized spacial score (nSPS) is 20.5. The smallest absolute Gasteiger partial charge is 0.115 e. The van der Waals surface area contributed by atoms with Crippen molar-refractivity contribution in [1.29, 1.82) is 0 Å². The first-order valence-electron chi connectivity index (χ1n) is 20.4. The second-order valence-electron chi connectivity index (χ2n) is 14.8. The number of benzene rings is 2. The Morgan fingerprint density at radius 1 is 0.417 bits per heavy atom. The van der Waals surface area contributed by atoms with Gasteiger partial charge in [-0.1, -0.05) is 178 Å². The Kier molecular flexibility index (Phi) is 19.9. The van der Waals surface area contributed by atoms with Gasteiger partial charge in [0.25, 0.3) is 0 Å². The number of hydrogen-bond acceptors (Lipinski definition) is 4. The van der Waals surface area contributed by atoms with Crippen molar-refractivity contribution < 1.29 is 18.9 Å². The van der Waals surface area contributed by atoms with Crippen molar-refractivity contribution >= 4 is 0 Å². The van der Waals surface area contributed by atoms with Crippen molar-refractivity contribution in [3.8, 4) is 0 Å². The third kappa shape index (κ3) is 15.0. The highest BCUT2D eigenvalue weighted by atomic mass is 16.6. The zero-order valence-electron chi connectivity index (χ0n) is 30.9. The van der Waals surface area contributed by atoms with E-state index in [-0.39, 0.29) is 24.4 Å². The van der Waals surface area contributed by atoms with Crippen LogP contribution < -0.4 is 0 Å². The summed E-state index contributed by atoms with van der Waals surface area (Å²) in [7, 11) is 0. The lowest BCUT2D eigenvalue weighted by molar-refractivity contribution is -0.0580. The third-order valence-electron chi connectivity index (χ3n) is 10.6. The first kappa shape index (κ1) is 39.1. The van der Waals surface area contributed by atoms with Gasteiger partial charge in [0.1, 0.15) is 24.4 Å². The van der Waals surface area contributed by atoms with Gasteiger partial charge in [-0.05, 0) is 47.9 Å². The Labute approximate surface area is 295 Å². The van der Waals surface area contributed by atoms with Crippen LogP contribution in [0.2, 0.25) is 0 Å². The molecule has 2 aliphatic rings. The fourth-order valence-corrected chi connectivity index (χ4v) is 7.36. The molecule has 4 nitrogen and oxygen atoms in total. The lowest BCUT2D eigenvalue weighted by Crippen LogP contribution is -2.34. The molecule has 2 aliphatic heterocycles. The van der Waals surface area contributed by atoms with Crippen molar-refractivity contribution in [2.75, 3.05) is 13.2 Å². The molecule has 4 atom stereocenters. The van der Waals surface area contributed by atoms with E-state index in [0.717, 1.165) is 0 Å². The fraction of sp³-hybridized carbons (Fsp3) is 0.727. The van der Waals surface area contributed by atoms with Crippen molar-refractivity contribution in [2.45, 2.75) is 193 Å². The van der Waals surface area contributed by atoms with Crippen LogP contribution in [0.1, 0.15) is 165 Å². The molecule has 4 rings (SSSR count). The van der Waals surface area contributed by atoms with Crippen LogP contribution in [-0.4, -0.2) is 37.6 Å². The standard InChI is InChI=1S/C44H70O4/c1-3-5-7-9-11-13-15-17-19-21-23-37-25-29-39(30-26-37)33-45-41-35-47-44-42(36-48-43(41)44)46-34-40-31-27-38(28-32-40)24-22-20-18-16-14-12-10-8-6-4-2/h25-32,41-44H,3-24,33-36H2,1-2H3/t41-,42-,43+,44+/m0/s1. The van der Waals surface area contributed by atoms with Gasteiger partial charge in [0.2, 0.25) is 0 Å². The first-order chi connectivity index (χ1) is 23.8. The van der Waals surface area contributed by atoms with Gasteiger partial charge in [-0.3, -0.25) is 0 Å². The van der Waals surface area contributed by atoms with Gasteiger partial charge in [-0.2, -0.15) is 0 Å². The molecule has 0 N–H and O–H groups in total. The molecule has 0 bridgehead atoms. The minimum atomic E-state index is -0.0472. The van der Waals surface area contributed by atoms with Gasteiger partial charge in [0.05, 0.1) is 26.4 Å². The van der Waals surface area contributed by atoms with Gasteiger partial charge < -0.3 is 18.9 Å². The number of rotatable bonds is 28. The van der Waals surface area contributed by atoms with Crippen LogP contribution in [0.4, 0.5) is 0 Å². The topological polar surface area (TPSA) is 36.9 Å². The van der Waals surface area contributed by atoms with Crippen molar-refractivity contribution in [2.24, 2.45) is 0 Å². The van der Waals surface area contributed by atoms with E-state index >= 15 is 0 Å². The van der Waals surface area contributed by atoms with Crippen LogP contribution in [0.15, 0.2) is 48.5 Å². The molecule has 0 aromatic heterocycles. The van der Waals surface area contributed by atoms with Crippen molar-refractivity contribution in [1.82, 2.24) is 0 Å². The van der Waals surface area contributed by atoms with Crippen LogP contribution >= 0.6 is 0 Å². The predicted molar refractivity (Wildman–Crippen MR) is 201 cm³/mol. The van der Waals surface area contributed by atoms with E-state index < -0.39 is 0 Å². The first-order valence-corrected chi connectivity index (χ1v) is 20.4. The number of unbranched alkanes of at least 4 members (excludes halogenated alkanes) is 18. The van der Waals surface area contributed by atoms with Crippen LogP contribution in [0, 0.1) is 0 Å². The molecule has 2 fully saturated rings. The van der Waals surface area contributed by atoms with Crippen LogP contribution in [0.3, 0.4) is 0 Å². The molecule has 2 aromatic carbocycles. The second-order valence-corrected chi connectivity index (χ2v) is 14.8. The molecule has 0 spiro atoms. The highest BCUT2D eigenvalue weighted by molar-refractivity contribution is 5.23. The number of hydrogen-bond donors (Lipinski definition) is 0. The summed E-state index contributed by atoms with van der Waals surface area (Å²) in [6, 6.07) is 18.0. The zero-order chi connectivity index (χ0) is 33.5. The van der Waals surface area contributed by atoms with Gasteiger partial charge in [-0.15, -0.1) is 0 Å². The minimum absolute atomic E-state index is 0.0417. The summed E-state index contributed by atoms with van der Waals surface area (Å²) < 4.78 is 24.9. The molecule has 0 radical (unpaired) electrons. The summed E-state index contributed by atoms with van der Waals surface area (Å²) in [5.41, 5.74) is 5.30. The van der Waals surface area contributed by atoms with E-state index in [0.29, 0.717) is 26.4 Å². The molecule has 0 aliphatic carbocycles. The number of ether oxygens (including phenoxy) is 4. The summed E-state index contributed by atoms with van der Waals surface area (Å²) in [6.07, 6.45) is 29.9. The van der Waals surface area contributed by atoms with E-state index in [9.17, 15) is 0 Å². The Hall–Kier alpha value is -1.72. The van der Waals surface area contributed by atoms with Gasteiger partial charge >= 0.3 is 0 Å². The lowest BCUT2D eigenvalue weighted by Gasteiger charge is -2.18. The predicted octanol–water partition coefficient (Wildman–Crippen LogP) is 11.9. The Morgan fingerprint density at radius 3 is 1.04 bits per heavy atom. The van der Waals surface area contributed by atoms with Crippen LogP contribution in [0.25, 0.3) is 0 Å². The molecule has 48 heavy (non-hydrogen) atoms. The quantitative estimate of drug-likeness (QED) is 0.0850. The number of fused-ring (bicyclic) bond motifs is 1. The maximum atomic E-state index is 6.31. The Bertz CT molecular complexity index is 965. The molecule has 2 aromatic rings. The number of aryl methyl sites for hydroxylation is 2. The van der Waals surface area contributed by atoms with E-state index in [4.69, 9.17) is 18.9 Å². The fourth-order valence-electron chi connectivity index (χ4n) is 7.36. The zero-order valence-corrected chi connectivity index (χ0v) is 30.9. The Morgan fingerprint density at radius 2 is 0.708 bits per heavy atom. The van der Waals surface area contributed by atoms with Gasteiger partial charge in [-0.25, -0.2) is 0 Å². The largest absolute Gasteiger partial charge is 0.370 e. The average molecular weight is 663 g/mol. The molecule has 2 heterocycles. The second kappa shape index (κ2) is 24.4. The van der Waals surface area contributed by atoms with E-state index in [1.165, 1.54) is 164 Å². The molecular formula is C44H70O4. The molecule has 0 unspecified atom stereocenters. The van der Waals surface area contributed by atoms with E-state index in [2.05, 4.69) is 62.4 Å². The molecule has 0 saturated carbocycles. The third-order valence-corrected chi connectivity index (χ3v) is 10.6. The average Bonchev–Trinajstić information content (AvgIpc) is 3.71. The van der Waals surface area contributed by atoms with E-state index in [1.807, 2.05) is 0 Å². The summed E-state index contributed by atoms with van der Waals surface area (Å²) in [6.45, 7) is 6.90. The van der Waals surface area contributed by atoms with E-state index in [1.54, 1.807) is 0 Å². The summed E-state index contributed by atoms with van der Waals surface area (Å²) in [4.78, 5) is 0. The Balaban J connectivity index is 1.03. The molecular weight excluding hydrogens is 592 g/mol. The van der Waals surface area contributed by atoms with Gasteiger partial charge in [0.15, 0.2) is 0 Å². The SMILES string of the molecule is CCCCCCCCCCCCc1ccc(CO[C@H]2CO[C@H]3[C@@H]2OC[C@@H]3OCc2ccc(CCCCCCCCCCCC)cc2)cc1. The maximum absolute atomic E-state index is 6.31. The molecule has 0 amide bonds. The van der Waals surface area contributed by atoms with Crippen LogP contribution in [-0.2, 0) is 45.0 Å². The summed E-state index contributed by atoms with van der Waals surface area (Å²) in [5, 5.41) is 0. The minimum Gasteiger partial charge on any atom is -0.370 e. The van der Waals surface area contributed by atoms with Crippen LogP contribution in [0.5, 0.6) is 0 Å². The van der Waals surface area contributed by atoms with Crippen molar-refractivity contribution in [3.05, 3.63) is 70.8 Å². The maximum Gasteiger partial charge on any atom is 0.115 e. The monoisotopic (exact) mass is 663 g/mol. The lowest BCUT2D eigenvalue weighted by atomic mass is 10.0.